The summed E-state index contributed by atoms with van der Waals surface area (Å²) in [7, 11) is 0. The molecule has 1 aromatic carbocycles. The maximum Gasteiger partial charge on any atom is 0.308 e. The molecular formula is C28H37ClN2O4. The molecule has 1 aromatic heterocycles. The zero-order valence-electron chi connectivity index (χ0n) is 21.5. The van der Waals surface area contributed by atoms with Crippen LogP contribution in [-0.4, -0.2) is 35.9 Å². The summed E-state index contributed by atoms with van der Waals surface area (Å²) in [6.45, 7) is 10.9. The van der Waals surface area contributed by atoms with E-state index >= 15 is 0 Å². The number of carbonyl (C=O) groups is 2. The van der Waals surface area contributed by atoms with E-state index in [0.717, 1.165) is 54.7 Å². The van der Waals surface area contributed by atoms with Crippen LogP contribution in [0.5, 0.6) is 0 Å². The molecule has 0 saturated heterocycles. The van der Waals surface area contributed by atoms with Crippen LogP contribution < -0.4 is 10.5 Å². The average molecular weight is 501 g/mol. The lowest BCUT2D eigenvalue weighted by Gasteiger charge is -2.38. The minimum atomic E-state index is -0.130. The van der Waals surface area contributed by atoms with Gasteiger partial charge in [0.25, 0.3) is 5.56 Å². The molecule has 3 rings (SSSR count). The largest absolute Gasteiger partial charge is 0.466 e. The molecule has 1 heterocycles. The van der Waals surface area contributed by atoms with Gasteiger partial charge in [-0.05, 0) is 96.0 Å². The smallest absolute Gasteiger partial charge is 0.308 e. The fourth-order valence-corrected chi connectivity index (χ4v) is 5.54. The molecule has 0 unspecified atom stereocenters. The van der Waals surface area contributed by atoms with Crippen molar-refractivity contribution >= 4 is 29.0 Å². The Kier molecular flexibility index (Phi) is 9.17. The predicted octanol–water partition coefficient (Wildman–Crippen LogP) is 5.72. The number of pyridine rings is 1. The van der Waals surface area contributed by atoms with E-state index in [0.29, 0.717) is 29.2 Å². The quantitative estimate of drug-likeness (QED) is 0.352. The molecule has 0 amide bonds. The van der Waals surface area contributed by atoms with Gasteiger partial charge in [0.1, 0.15) is 0 Å². The van der Waals surface area contributed by atoms with Gasteiger partial charge >= 0.3 is 5.97 Å². The van der Waals surface area contributed by atoms with Gasteiger partial charge in [0.15, 0.2) is 5.78 Å². The molecule has 0 aliphatic heterocycles. The number of Topliss-reactive ketones (excluding diaryl/α,β-unsaturated/α-hetero) is 1. The van der Waals surface area contributed by atoms with Gasteiger partial charge in [0, 0.05) is 46.5 Å². The first kappa shape index (κ1) is 27.0. The summed E-state index contributed by atoms with van der Waals surface area (Å²) < 4.78 is 5.21. The Morgan fingerprint density at radius 3 is 2.37 bits per heavy atom. The lowest BCUT2D eigenvalue weighted by atomic mass is 9.84. The van der Waals surface area contributed by atoms with Crippen LogP contribution in [0.1, 0.15) is 78.7 Å². The number of benzene rings is 1. The van der Waals surface area contributed by atoms with Gasteiger partial charge in [-0.15, -0.1) is 0 Å². The van der Waals surface area contributed by atoms with Crippen molar-refractivity contribution in [3.63, 3.8) is 0 Å². The second-order valence-corrected chi connectivity index (χ2v) is 9.94. The van der Waals surface area contributed by atoms with Crippen molar-refractivity contribution in [1.82, 2.24) is 4.98 Å². The van der Waals surface area contributed by atoms with Crippen molar-refractivity contribution in [2.45, 2.75) is 79.2 Å². The fraction of sp³-hybridized carbons (Fsp3) is 0.536. The van der Waals surface area contributed by atoms with Gasteiger partial charge in [0.2, 0.25) is 0 Å². The number of nitrogens with one attached hydrogen (secondary N) is 1. The second kappa shape index (κ2) is 11.9. The minimum absolute atomic E-state index is 0.0207. The van der Waals surface area contributed by atoms with Crippen LogP contribution >= 0.6 is 11.6 Å². The number of H-pyrrole nitrogens is 1. The van der Waals surface area contributed by atoms with Gasteiger partial charge in [-0.1, -0.05) is 11.6 Å². The zero-order chi connectivity index (χ0) is 25.7. The highest BCUT2D eigenvalue weighted by atomic mass is 35.5. The van der Waals surface area contributed by atoms with E-state index in [1.165, 1.54) is 0 Å². The molecule has 7 heteroatoms. The molecular weight excluding hydrogens is 464 g/mol. The fourth-order valence-electron chi connectivity index (χ4n) is 5.33. The van der Waals surface area contributed by atoms with E-state index in [-0.39, 0.29) is 35.7 Å². The number of ketones is 1. The van der Waals surface area contributed by atoms with Crippen LogP contribution in [-0.2, 0) is 16.0 Å². The number of nitrogens with zero attached hydrogens (tertiary/aromatic N) is 1. The number of hydrogen-bond donors (Lipinski definition) is 1. The number of aromatic nitrogens is 1. The highest BCUT2D eigenvalue weighted by molar-refractivity contribution is 6.31. The highest BCUT2D eigenvalue weighted by Gasteiger charge is 2.31. The standard InChI is InChI=1S/C28H37ClN2O4/c1-6-31(22-10-8-20(9-11-22)28(34)35-7-2)25-16-21(29)15-24(19(25)5)26(32)13-12-23-17(3)14-18(4)30-27(23)33/h14-16,20,22H,6-13H2,1-5H3,(H,30,33). The van der Waals surface area contributed by atoms with E-state index in [9.17, 15) is 14.4 Å². The first-order valence-corrected chi connectivity index (χ1v) is 13.0. The molecule has 2 aromatic rings. The molecule has 0 bridgehead atoms. The van der Waals surface area contributed by atoms with Crippen molar-refractivity contribution in [3.05, 3.63) is 61.5 Å². The van der Waals surface area contributed by atoms with Gasteiger partial charge in [-0.25, -0.2) is 0 Å². The van der Waals surface area contributed by atoms with Gasteiger partial charge in [-0.2, -0.15) is 0 Å². The van der Waals surface area contributed by atoms with Crippen LogP contribution in [0.3, 0.4) is 0 Å². The van der Waals surface area contributed by atoms with Crippen molar-refractivity contribution < 1.29 is 14.3 Å². The normalized spacial score (nSPS) is 17.8. The zero-order valence-corrected chi connectivity index (χ0v) is 22.3. The molecule has 0 atom stereocenters. The Morgan fingerprint density at radius 2 is 1.77 bits per heavy atom. The number of rotatable bonds is 9. The first-order chi connectivity index (χ1) is 16.7. The number of anilines is 1. The molecule has 35 heavy (non-hydrogen) atoms. The SMILES string of the molecule is CCOC(=O)C1CCC(N(CC)c2cc(Cl)cc(C(=O)CCc3c(C)cc(C)[nH]c3=O)c2C)CC1. The molecule has 1 fully saturated rings. The monoisotopic (exact) mass is 500 g/mol. The second-order valence-electron chi connectivity index (χ2n) is 9.51. The molecule has 1 aliphatic rings. The van der Waals surface area contributed by atoms with Crippen LogP contribution in [0, 0.1) is 26.7 Å². The van der Waals surface area contributed by atoms with E-state index in [1.807, 2.05) is 39.8 Å². The lowest BCUT2D eigenvalue weighted by molar-refractivity contribution is -0.149. The highest BCUT2D eigenvalue weighted by Crippen LogP contribution is 2.35. The summed E-state index contributed by atoms with van der Waals surface area (Å²) in [5.41, 5.74) is 4.71. The van der Waals surface area contributed by atoms with E-state index < -0.39 is 0 Å². The topological polar surface area (TPSA) is 79.5 Å². The molecule has 1 saturated carbocycles. The number of ether oxygens (including phenoxy) is 1. The third-order valence-corrected chi connectivity index (χ3v) is 7.37. The Hall–Kier alpha value is -2.60. The van der Waals surface area contributed by atoms with E-state index in [4.69, 9.17) is 16.3 Å². The van der Waals surface area contributed by atoms with Crippen LogP contribution in [0.2, 0.25) is 5.02 Å². The number of esters is 1. The Labute approximate surface area is 213 Å². The number of hydrogen-bond acceptors (Lipinski definition) is 5. The van der Waals surface area contributed by atoms with Gasteiger partial charge < -0.3 is 14.6 Å². The Morgan fingerprint density at radius 1 is 1.09 bits per heavy atom. The lowest BCUT2D eigenvalue weighted by Crippen LogP contribution is -2.40. The van der Waals surface area contributed by atoms with Gasteiger partial charge in [-0.3, -0.25) is 14.4 Å². The average Bonchev–Trinajstić information content (AvgIpc) is 2.81. The van der Waals surface area contributed by atoms with Crippen LogP contribution in [0.25, 0.3) is 0 Å². The Bertz CT molecular complexity index is 1130. The summed E-state index contributed by atoms with van der Waals surface area (Å²) in [4.78, 5) is 42.9. The third-order valence-electron chi connectivity index (χ3n) is 7.15. The number of carbonyl (C=O) groups excluding carboxylic acids is 2. The third kappa shape index (κ3) is 6.35. The van der Waals surface area contributed by atoms with E-state index in [2.05, 4.69) is 16.8 Å². The first-order valence-electron chi connectivity index (χ1n) is 12.6. The van der Waals surface area contributed by atoms with Gasteiger partial charge in [0.05, 0.1) is 12.5 Å². The Balaban J connectivity index is 1.78. The molecule has 1 N–H and O–H groups in total. The maximum atomic E-state index is 13.3. The summed E-state index contributed by atoms with van der Waals surface area (Å²) in [5, 5.41) is 0.525. The van der Waals surface area contributed by atoms with Crippen LogP contribution in [0.15, 0.2) is 23.0 Å². The van der Waals surface area contributed by atoms with Crippen molar-refractivity contribution in [1.29, 1.82) is 0 Å². The summed E-state index contributed by atoms with van der Waals surface area (Å²) in [6, 6.07) is 5.88. The van der Waals surface area contributed by atoms with Crippen molar-refractivity contribution in [2.24, 2.45) is 5.92 Å². The summed E-state index contributed by atoms with van der Waals surface area (Å²) >= 11 is 6.50. The van der Waals surface area contributed by atoms with Crippen LogP contribution in [0.4, 0.5) is 5.69 Å². The number of aromatic amines is 1. The predicted molar refractivity (Wildman–Crippen MR) is 141 cm³/mol. The molecule has 0 radical (unpaired) electrons. The number of halogens is 1. The number of aryl methyl sites for hydroxylation is 2. The molecule has 0 spiro atoms. The maximum absolute atomic E-state index is 13.3. The summed E-state index contributed by atoms with van der Waals surface area (Å²) in [6.07, 6.45) is 4.01. The van der Waals surface area contributed by atoms with Crippen molar-refractivity contribution in [2.75, 3.05) is 18.1 Å². The van der Waals surface area contributed by atoms with E-state index in [1.54, 1.807) is 6.07 Å². The summed E-state index contributed by atoms with van der Waals surface area (Å²) in [5.74, 6) is -0.146. The molecule has 190 valence electrons. The van der Waals surface area contributed by atoms with Crippen molar-refractivity contribution in [3.8, 4) is 0 Å². The molecule has 6 nitrogen and oxygen atoms in total. The minimum Gasteiger partial charge on any atom is -0.466 e. The molecule has 1 aliphatic carbocycles.